The average Bonchev–Trinajstić information content (AvgIpc) is 2.31. The van der Waals surface area contributed by atoms with Crippen LogP contribution >= 0.6 is 11.6 Å². The Labute approximate surface area is 68.4 Å². The molecule has 2 rings (SSSR count). The Hall–Kier alpha value is -1.10. The standard InChI is InChI=1S/C5H6ClN5/c1-5(6)2-3-11-4(7-5)8-9-10-11/h2-3H,1H3,(H,7,8,10). The van der Waals surface area contributed by atoms with Gasteiger partial charge in [0.15, 0.2) is 5.00 Å². The number of alkyl halides is 1. The van der Waals surface area contributed by atoms with Crippen molar-refractivity contribution >= 4 is 17.6 Å². The van der Waals surface area contributed by atoms with Gasteiger partial charge in [-0.15, -0.1) is 0 Å². The van der Waals surface area contributed by atoms with Crippen molar-refractivity contribution < 1.29 is 0 Å². The van der Waals surface area contributed by atoms with Gasteiger partial charge in [0.25, 0.3) is 5.96 Å². The van der Waals surface area contributed by atoms with E-state index in [4.69, 9.17) is 11.6 Å². The van der Waals surface area contributed by atoms with Crippen LogP contribution in [0.5, 0.6) is 0 Å². The SMILES string of the molecule is CC1(Cl)C=CN2NN=NC2=N1. The molecule has 2 heterocycles. The van der Waals surface area contributed by atoms with E-state index >= 15 is 0 Å². The van der Waals surface area contributed by atoms with Gasteiger partial charge in [0.05, 0.1) is 0 Å². The van der Waals surface area contributed by atoms with Crippen LogP contribution in [0.1, 0.15) is 6.92 Å². The van der Waals surface area contributed by atoms with E-state index in [1.54, 1.807) is 24.2 Å². The summed E-state index contributed by atoms with van der Waals surface area (Å²) in [6.45, 7) is 1.78. The molecule has 2 aliphatic heterocycles. The maximum absolute atomic E-state index is 5.91. The lowest BCUT2D eigenvalue weighted by atomic mass is 10.3. The van der Waals surface area contributed by atoms with Crippen molar-refractivity contribution in [2.45, 2.75) is 11.9 Å². The summed E-state index contributed by atoms with van der Waals surface area (Å²) in [5, 5.41) is 8.85. The molecule has 0 radical (unpaired) electrons. The predicted octanol–water partition coefficient (Wildman–Crippen LogP) is 1.01. The van der Waals surface area contributed by atoms with Crippen LogP contribution in [0, 0.1) is 0 Å². The number of hydrogen-bond acceptors (Lipinski definition) is 5. The molecule has 0 aromatic carbocycles. The van der Waals surface area contributed by atoms with Crippen LogP contribution in [0.25, 0.3) is 0 Å². The number of hydrazine groups is 1. The van der Waals surface area contributed by atoms with Crippen molar-refractivity contribution in [1.82, 2.24) is 10.5 Å². The summed E-state index contributed by atoms with van der Waals surface area (Å²) in [5.74, 6) is 0.491. The van der Waals surface area contributed by atoms with Crippen LogP contribution in [0.15, 0.2) is 27.6 Å². The second-order valence-corrected chi connectivity index (χ2v) is 3.19. The molecule has 5 nitrogen and oxygen atoms in total. The van der Waals surface area contributed by atoms with Gasteiger partial charge in [-0.1, -0.05) is 16.7 Å². The first-order valence-corrected chi connectivity index (χ1v) is 3.49. The fourth-order valence-corrected chi connectivity index (χ4v) is 0.960. The van der Waals surface area contributed by atoms with Gasteiger partial charge in [0.2, 0.25) is 0 Å². The van der Waals surface area contributed by atoms with Crippen LogP contribution < -0.4 is 5.53 Å². The number of rotatable bonds is 0. The van der Waals surface area contributed by atoms with Crippen molar-refractivity contribution in [2.24, 2.45) is 15.3 Å². The molecular formula is C5H6ClN5. The zero-order valence-corrected chi connectivity index (χ0v) is 6.58. The third kappa shape index (κ3) is 1.07. The minimum absolute atomic E-state index is 0.491. The molecule has 6 heteroatoms. The number of fused-ring (bicyclic) bond motifs is 1. The maximum atomic E-state index is 5.91. The minimum atomic E-state index is -0.684. The Morgan fingerprint density at radius 3 is 3.36 bits per heavy atom. The highest BCUT2D eigenvalue weighted by molar-refractivity contribution is 6.25. The van der Waals surface area contributed by atoms with Crippen molar-refractivity contribution in [3.05, 3.63) is 12.3 Å². The number of nitrogens with one attached hydrogen (secondary N) is 1. The molecule has 11 heavy (non-hydrogen) atoms. The number of nitrogens with zero attached hydrogens (tertiary/aromatic N) is 4. The number of guanidine groups is 1. The van der Waals surface area contributed by atoms with Gasteiger partial charge in [0.1, 0.15) is 0 Å². The minimum Gasteiger partial charge on any atom is -0.221 e. The molecule has 2 aliphatic rings. The first kappa shape index (κ1) is 6.60. The summed E-state index contributed by atoms with van der Waals surface area (Å²) in [7, 11) is 0. The molecule has 0 aliphatic carbocycles. The Morgan fingerprint density at radius 2 is 2.55 bits per heavy atom. The highest BCUT2D eigenvalue weighted by Crippen LogP contribution is 2.23. The lowest BCUT2D eigenvalue weighted by Gasteiger charge is -2.20. The van der Waals surface area contributed by atoms with E-state index in [-0.39, 0.29) is 0 Å². The first-order valence-electron chi connectivity index (χ1n) is 3.11. The second kappa shape index (κ2) is 1.94. The highest BCUT2D eigenvalue weighted by atomic mass is 35.5. The van der Waals surface area contributed by atoms with E-state index in [9.17, 15) is 0 Å². The number of hydrogen-bond donors (Lipinski definition) is 1. The third-order valence-corrected chi connectivity index (χ3v) is 1.56. The topological polar surface area (TPSA) is 52.3 Å². The molecule has 0 amide bonds. The van der Waals surface area contributed by atoms with Crippen LogP contribution in [-0.4, -0.2) is 16.0 Å². The lowest BCUT2D eigenvalue weighted by molar-refractivity contribution is 0.429. The lowest BCUT2D eigenvalue weighted by Crippen LogP contribution is -2.34. The van der Waals surface area contributed by atoms with Gasteiger partial charge >= 0.3 is 0 Å². The Balaban J connectivity index is 2.34. The Morgan fingerprint density at radius 1 is 1.73 bits per heavy atom. The smallest absolute Gasteiger partial charge is 0.221 e. The average molecular weight is 172 g/mol. The molecule has 1 unspecified atom stereocenters. The van der Waals surface area contributed by atoms with Crippen LogP contribution in [0.3, 0.4) is 0 Å². The molecule has 0 saturated heterocycles. The van der Waals surface area contributed by atoms with Gasteiger partial charge < -0.3 is 0 Å². The van der Waals surface area contributed by atoms with Gasteiger partial charge in [-0.05, 0) is 18.2 Å². The normalized spacial score (nSPS) is 33.3. The van der Waals surface area contributed by atoms with E-state index in [2.05, 4.69) is 20.9 Å². The van der Waals surface area contributed by atoms with Crippen molar-refractivity contribution in [1.29, 1.82) is 0 Å². The van der Waals surface area contributed by atoms with E-state index in [0.717, 1.165) is 0 Å². The quantitative estimate of drug-likeness (QED) is 0.437. The molecule has 0 aromatic heterocycles. The molecule has 0 aromatic rings. The van der Waals surface area contributed by atoms with Crippen molar-refractivity contribution in [3.8, 4) is 0 Å². The predicted molar refractivity (Wildman–Crippen MR) is 40.7 cm³/mol. The summed E-state index contributed by atoms with van der Waals surface area (Å²) >= 11 is 5.91. The molecule has 0 spiro atoms. The van der Waals surface area contributed by atoms with E-state index < -0.39 is 5.00 Å². The largest absolute Gasteiger partial charge is 0.268 e. The van der Waals surface area contributed by atoms with Gasteiger partial charge in [-0.3, -0.25) is 0 Å². The second-order valence-electron chi connectivity index (χ2n) is 2.42. The summed E-state index contributed by atoms with van der Waals surface area (Å²) in [6, 6.07) is 0. The fourth-order valence-electron chi connectivity index (χ4n) is 0.828. The van der Waals surface area contributed by atoms with Crippen molar-refractivity contribution in [2.75, 3.05) is 0 Å². The van der Waals surface area contributed by atoms with Crippen LogP contribution in [0.4, 0.5) is 0 Å². The van der Waals surface area contributed by atoms with E-state index in [1.165, 1.54) is 0 Å². The summed E-state index contributed by atoms with van der Waals surface area (Å²) in [4.78, 5) is 3.39. The third-order valence-electron chi connectivity index (χ3n) is 1.35. The highest BCUT2D eigenvalue weighted by Gasteiger charge is 2.26. The number of halogens is 1. The number of aliphatic imine (C=N–C) groups is 1. The van der Waals surface area contributed by atoms with Gasteiger partial charge in [-0.2, -0.15) is 5.53 Å². The fraction of sp³-hybridized carbons (Fsp3) is 0.400. The molecule has 1 N–H and O–H groups in total. The summed E-state index contributed by atoms with van der Waals surface area (Å²) < 4.78 is 0. The Kier molecular flexibility index (Phi) is 1.17. The van der Waals surface area contributed by atoms with Crippen molar-refractivity contribution in [3.63, 3.8) is 0 Å². The Bertz CT molecular complexity index is 266. The molecule has 0 bridgehead atoms. The van der Waals surface area contributed by atoms with E-state index in [1.807, 2.05) is 0 Å². The van der Waals surface area contributed by atoms with Gasteiger partial charge in [0, 0.05) is 6.20 Å². The summed E-state index contributed by atoms with van der Waals surface area (Å²) in [6.07, 6.45) is 3.50. The zero-order valence-electron chi connectivity index (χ0n) is 5.82. The first-order chi connectivity index (χ1) is 5.17. The zero-order chi connectivity index (χ0) is 7.90. The molecular weight excluding hydrogens is 166 g/mol. The monoisotopic (exact) mass is 171 g/mol. The van der Waals surface area contributed by atoms with Crippen LogP contribution in [0.2, 0.25) is 0 Å². The van der Waals surface area contributed by atoms with Gasteiger partial charge in [-0.25, -0.2) is 10.0 Å². The molecule has 0 fully saturated rings. The molecule has 0 saturated carbocycles. The van der Waals surface area contributed by atoms with E-state index in [0.29, 0.717) is 5.96 Å². The van der Waals surface area contributed by atoms with Crippen LogP contribution in [-0.2, 0) is 0 Å². The maximum Gasteiger partial charge on any atom is 0.268 e. The summed E-state index contributed by atoms with van der Waals surface area (Å²) in [5.41, 5.74) is 2.61. The molecule has 58 valence electrons. The molecule has 1 atom stereocenters.